The number of Topliss-reactive ketones (excluding diaryl/α,β-unsaturated/α-hetero) is 3. The van der Waals surface area contributed by atoms with Crippen LogP contribution in [-0.4, -0.2) is 68.7 Å². The number of hydrogen-bond acceptors (Lipinski definition) is 11. The van der Waals surface area contributed by atoms with Crippen molar-refractivity contribution < 1.29 is 36.6 Å². The summed E-state index contributed by atoms with van der Waals surface area (Å²) in [5.74, 6) is 1.87. The number of pyridine rings is 2. The molecule has 2 aliphatic heterocycles. The molecule has 4 aromatic heterocycles. The summed E-state index contributed by atoms with van der Waals surface area (Å²) in [5.41, 5.74) is 4.94. The number of nitrogens with one attached hydrogen (secondary N) is 1. The van der Waals surface area contributed by atoms with E-state index in [2.05, 4.69) is 36.2 Å². The molecule has 0 amide bonds. The van der Waals surface area contributed by atoms with Crippen LogP contribution < -0.4 is 5.32 Å². The Morgan fingerprint density at radius 3 is 1.88 bits per heavy atom. The van der Waals surface area contributed by atoms with Crippen LogP contribution in [0.5, 0.6) is 0 Å². The molecular weight excluding hydrogens is 749 g/mol. The summed E-state index contributed by atoms with van der Waals surface area (Å²) in [6, 6.07) is 13.8. The van der Waals surface area contributed by atoms with Crippen molar-refractivity contribution in [1.29, 1.82) is 0 Å². The number of halogens is 4. The minimum Gasteiger partial charge on any atom is -0.359 e. The van der Waals surface area contributed by atoms with Gasteiger partial charge in [0.1, 0.15) is 11.4 Å². The number of carbonyl (C=O) groups excluding carboxylic acids is 3. The summed E-state index contributed by atoms with van der Waals surface area (Å²) >= 11 is 0. The van der Waals surface area contributed by atoms with E-state index in [-0.39, 0.29) is 42.1 Å². The normalized spacial score (nSPS) is 16.9. The average Bonchev–Trinajstić information content (AvgIpc) is 4.09. The van der Waals surface area contributed by atoms with Crippen LogP contribution in [-0.2, 0) is 12.7 Å². The molecule has 0 saturated heterocycles. The molecule has 0 spiro atoms. The van der Waals surface area contributed by atoms with Crippen molar-refractivity contribution in [3.05, 3.63) is 106 Å². The van der Waals surface area contributed by atoms with Gasteiger partial charge in [0, 0.05) is 51.5 Å². The van der Waals surface area contributed by atoms with Crippen molar-refractivity contribution in [1.82, 2.24) is 30.5 Å². The molecule has 4 aromatic rings. The predicted octanol–water partition coefficient (Wildman–Crippen LogP) is 8.41. The van der Waals surface area contributed by atoms with Gasteiger partial charge >= 0.3 is 6.18 Å². The summed E-state index contributed by atoms with van der Waals surface area (Å²) in [4.78, 5) is 45.9. The van der Waals surface area contributed by atoms with Gasteiger partial charge in [0.25, 0.3) is 0 Å². The molecule has 1 N–H and O–H groups in total. The Hall–Kier alpha value is -4.79. The van der Waals surface area contributed by atoms with Gasteiger partial charge in [0.2, 0.25) is 5.76 Å². The molecule has 0 atom stereocenters. The van der Waals surface area contributed by atoms with Crippen LogP contribution in [0, 0.1) is 18.8 Å². The van der Waals surface area contributed by atoms with Gasteiger partial charge in [-0.3, -0.25) is 19.3 Å². The first-order valence-electron chi connectivity index (χ1n) is 18.7. The molecule has 8 rings (SSSR count). The Morgan fingerprint density at radius 1 is 0.839 bits per heavy atom. The van der Waals surface area contributed by atoms with Gasteiger partial charge in [-0.15, -0.1) is 12.4 Å². The molecule has 15 heteroatoms. The van der Waals surface area contributed by atoms with Gasteiger partial charge in [0.05, 0.1) is 23.6 Å². The van der Waals surface area contributed by atoms with Crippen LogP contribution in [0.1, 0.15) is 118 Å². The van der Waals surface area contributed by atoms with Crippen LogP contribution in [0.25, 0.3) is 11.1 Å². The Labute approximate surface area is 329 Å². The maximum atomic E-state index is 12.6. The standard InChI is InChI=1S/C20H20F3N3O2.C15H18N2O.C6H7NO2.ClH/c21-20(22,23)19-11-15(28-25-19)12-26-8-6-14(7-9-26)16-2-1-3-17(24-16)18(27)10-13-4-5-13;18-15(10-11-4-5-11)14-3-1-2-13(17-14)12-6-8-16-9-7-12;1-4-3-6(5(2)8)9-7-4;/h1-3,6,11,13H,4-5,7-10,12H2;1-3,6,11,16H,4-5,7-10H2;3H,1-2H3;1H. The van der Waals surface area contributed by atoms with E-state index in [4.69, 9.17) is 4.52 Å². The quantitative estimate of drug-likeness (QED) is 0.146. The second-order valence-corrected chi connectivity index (χ2v) is 14.4. The van der Waals surface area contributed by atoms with Gasteiger partial charge < -0.3 is 14.4 Å². The topological polar surface area (TPSA) is 144 Å². The van der Waals surface area contributed by atoms with Crippen molar-refractivity contribution in [3.63, 3.8) is 0 Å². The molecule has 56 heavy (non-hydrogen) atoms. The van der Waals surface area contributed by atoms with Crippen LogP contribution in [0.3, 0.4) is 0 Å². The van der Waals surface area contributed by atoms with Crippen molar-refractivity contribution in [2.75, 3.05) is 26.2 Å². The molecule has 0 bridgehead atoms. The van der Waals surface area contributed by atoms with Gasteiger partial charge in [0.15, 0.2) is 28.8 Å². The highest BCUT2D eigenvalue weighted by Gasteiger charge is 2.35. The van der Waals surface area contributed by atoms with Gasteiger partial charge in [-0.25, -0.2) is 9.97 Å². The number of aryl methyl sites for hydroxylation is 1. The zero-order valence-electron chi connectivity index (χ0n) is 31.4. The minimum absolute atomic E-state index is 0. The van der Waals surface area contributed by atoms with Crippen molar-refractivity contribution >= 4 is 40.9 Å². The predicted molar refractivity (Wildman–Crippen MR) is 205 cm³/mol. The molecule has 2 fully saturated rings. The number of ketones is 3. The molecule has 0 unspecified atom stereocenters. The first kappa shape index (κ1) is 42.4. The maximum Gasteiger partial charge on any atom is 0.436 e. The number of hydrogen-bond donors (Lipinski definition) is 1. The summed E-state index contributed by atoms with van der Waals surface area (Å²) in [5, 5.41) is 9.91. The van der Waals surface area contributed by atoms with E-state index >= 15 is 0 Å². The fraction of sp³-hybridized carbons (Fsp3) is 0.439. The fourth-order valence-corrected chi connectivity index (χ4v) is 6.13. The second kappa shape index (κ2) is 19.4. The van der Waals surface area contributed by atoms with Crippen molar-refractivity contribution in [2.45, 2.75) is 77.9 Å². The third-order valence-electron chi connectivity index (χ3n) is 9.63. The lowest BCUT2D eigenvalue weighted by Crippen LogP contribution is -2.28. The highest BCUT2D eigenvalue weighted by molar-refractivity contribution is 5.95. The number of rotatable bonds is 11. The largest absolute Gasteiger partial charge is 0.436 e. The first-order chi connectivity index (χ1) is 26.4. The average molecular weight is 795 g/mol. The zero-order valence-corrected chi connectivity index (χ0v) is 32.3. The minimum atomic E-state index is -4.50. The Bertz CT molecular complexity index is 2050. The summed E-state index contributed by atoms with van der Waals surface area (Å²) < 4.78 is 47.2. The van der Waals surface area contributed by atoms with Crippen LogP contribution in [0.2, 0.25) is 0 Å². The summed E-state index contributed by atoms with van der Waals surface area (Å²) in [7, 11) is 0. The molecular formula is C41H46ClF3N6O5. The Balaban J connectivity index is 0.000000182. The number of nitrogens with zero attached hydrogens (tertiary/aromatic N) is 5. The number of alkyl halides is 3. The number of aromatic nitrogens is 4. The monoisotopic (exact) mass is 794 g/mol. The van der Waals surface area contributed by atoms with E-state index in [9.17, 15) is 27.6 Å². The molecule has 0 aromatic carbocycles. The highest BCUT2D eigenvalue weighted by Crippen LogP contribution is 2.34. The van der Waals surface area contributed by atoms with Gasteiger partial charge in [-0.05, 0) is 99.2 Å². The lowest BCUT2D eigenvalue weighted by Gasteiger charge is -2.25. The van der Waals surface area contributed by atoms with Gasteiger partial charge in [-0.2, -0.15) is 13.2 Å². The van der Waals surface area contributed by atoms with E-state index in [1.54, 1.807) is 19.1 Å². The van der Waals surface area contributed by atoms with Gasteiger partial charge in [-0.1, -0.05) is 34.6 Å². The third-order valence-corrected chi connectivity index (χ3v) is 9.63. The third kappa shape index (κ3) is 12.6. The Kier molecular flexibility index (Phi) is 14.7. The molecule has 4 aliphatic rings. The second-order valence-electron chi connectivity index (χ2n) is 14.4. The molecule has 11 nitrogen and oxygen atoms in total. The molecule has 2 aliphatic carbocycles. The maximum absolute atomic E-state index is 12.6. The smallest absolute Gasteiger partial charge is 0.359 e. The zero-order chi connectivity index (χ0) is 39.0. The molecule has 6 heterocycles. The first-order valence-corrected chi connectivity index (χ1v) is 18.7. The summed E-state index contributed by atoms with van der Waals surface area (Å²) in [6.45, 7) is 6.61. The van der Waals surface area contributed by atoms with Crippen molar-refractivity contribution in [2.24, 2.45) is 11.8 Å². The Morgan fingerprint density at radius 2 is 1.45 bits per heavy atom. The SMILES string of the molecule is CC(=O)c1cc(C)no1.Cl.O=C(CC1CC1)c1cccc(C2=CCN(Cc3cc(C(F)(F)F)no3)CC2)n1.O=C(CC1CC1)c1cccc(C2=CCNCC2)n1. The molecule has 0 radical (unpaired) electrons. The molecule has 2 saturated carbocycles. The van der Waals surface area contributed by atoms with E-state index in [1.807, 2.05) is 41.3 Å². The van der Waals surface area contributed by atoms with Crippen LogP contribution in [0.4, 0.5) is 13.2 Å². The lowest BCUT2D eigenvalue weighted by molar-refractivity contribution is -0.142. The van der Waals surface area contributed by atoms with Crippen LogP contribution >= 0.6 is 12.4 Å². The fourth-order valence-electron chi connectivity index (χ4n) is 6.13. The molecule has 298 valence electrons. The number of carbonyl (C=O) groups is 3. The highest BCUT2D eigenvalue weighted by atomic mass is 35.5. The summed E-state index contributed by atoms with van der Waals surface area (Å²) in [6.07, 6.45) is 7.29. The van der Waals surface area contributed by atoms with E-state index in [1.165, 1.54) is 25.3 Å². The van der Waals surface area contributed by atoms with E-state index < -0.39 is 11.9 Å². The van der Waals surface area contributed by atoms with Crippen LogP contribution in [0.15, 0.2) is 69.7 Å². The van der Waals surface area contributed by atoms with E-state index in [0.717, 1.165) is 61.1 Å². The lowest BCUT2D eigenvalue weighted by atomic mass is 10.0. The van der Waals surface area contributed by atoms with Crippen molar-refractivity contribution in [3.8, 4) is 0 Å². The van der Waals surface area contributed by atoms with E-state index in [0.29, 0.717) is 61.3 Å².